The van der Waals surface area contributed by atoms with Gasteiger partial charge in [-0.25, -0.2) is 4.79 Å². The van der Waals surface area contributed by atoms with Gasteiger partial charge in [0, 0.05) is 0 Å². The summed E-state index contributed by atoms with van der Waals surface area (Å²) >= 11 is 0. The predicted molar refractivity (Wildman–Crippen MR) is 104 cm³/mol. The van der Waals surface area contributed by atoms with E-state index in [9.17, 15) is 9.59 Å². The summed E-state index contributed by atoms with van der Waals surface area (Å²) in [6, 6.07) is 18.4. The van der Waals surface area contributed by atoms with E-state index in [4.69, 9.17) is 4.74 Å². The molecule has 1 amide bonds. The molecule has 0 aromatic heterocycles. The van der Waals surface area contributed by atoms with Crippen molar-refractivity contribution >= 4 is 12.1 Å². The van der Waals surface area contributed by atoms with Crippen molar-refractivity contribution < 1.29 is 19.2 Å². The summed E-state index contributed by atoms with van der Waals surface area (Å²) in [7, 11) is 0. The number of hydroxylamine groups is 1. The van der Waals surface area contributed by atoms with Gasteiger partial charge in [-0.3, -0.25) is 4.79 Å². The van der Waals surface area contributed by atoms with Gasteiger partial charge in [0.25, 0.3) is 5.91 Å². The number of amides is 1. The van der Waals surface area contributed by atoms with Crippen molar-refractivity contribution in [3.8, 4) is 0 Å². The number of aryl methyl sites for hydroxylation is 2. The van der Waals surface area contributed by atoms with Crippen LogP contribution in [0.15, 0.2) is 54.6 Å². The quantitative estimate of drug-likeness (QED) is 0.426. The van der Waals surface area contributed by atoms with Crippen molar-refractivity contribution in [2.75, 3.05) is 0 Å². The Morgan fingerprint density at radius 1 is 0.852 bits per heavy atom. The Kier molecular flexibility index (Phi) is 8.36. The fourth-order valence-electron chi connectivity index (χ4n) is 2.66. The van der Waals surface area contributed by atoms with Crippen LogP contribution >= 0.6 is 0 Å². The fourth-order valence-corrected chi connectivity index (χ4v) is 2.66. The lowest BCUT2D eigenvalue weighted by Crippen LogP contribution is -2.29. The Balaban J connectivity index is 1.66. The molecule has 2 aromatic carbocycles. The molecule has 0 saturated carbocycles. The normalized spacial score (nSPS) is 10.5. The lowest BCUT2D eigenvalue weighted by molar-refractivity contribution is -0.131. The third-order valence-corrected chi connectivity index (χ3v) is 3.99. The monoisotopic (exact) mass is 369 g/mol. The highest BCUT2D eigenvalue weighted by molar-refractivity contribution is 5.78. The summed E-state index contributed by atoms with van der Waals surface area (Å²) in [6.07, 6.45) is 3.32. The minimum Gasteiger partial charge on any atom is -0.430 e. The maximum absolute atomic E-state index is 11.8. The molecule has 0 bridgehead atoms. The van der Waals surface area contributed by atoms with E-state index in [0.717, 1.165) is 31.2 Å². The maximum Gasteiger partial charge on any atom is 0.533 e. The average Bonchev–Trinajstić information content (AvgIpc) is 2.65. The number of hydrogen-bond donors (Lipinski definition) is 1. The highest BCUT2D eigenvalue weighted by atomic mass is 16.8. The highest BCUT2D eigenvalue weighted by Crippen LogP contribution is 2.11. The van der Waals surface area contributed by atoms with Crippen molar-refractivity contribution in [1.82, 2.24) is 5.48 Å². The van der Waals surface area contributed by atoms with Crippen LogP contribution < -0.4 is 5.48 Å². The van der Waals surface area contributed by atoms with Crippen LogP contribution in [-0.2, 0) is 33.6 Å². The zero-order valence-electron chi connectivity index (χ0n) is 15.9. The summed E-state index contributed by atoms with van der Waals surface area (Å²) in [6.45, 7) is 3.40. The summed E-state index contributed by atoms with van der Waals surface area (Å²) in [5, 5.41) is 0. The second kappa shape index (κ2) is 11.0. The van der Waals surface area contributed by atoms with Gasteiger partial charge in [-0.05, 0) is 56.2 Å². The molecule has 0 saturated heterocycles. The van der Waals surface area contributed by atoms with Gasteiger partial charge in [-0.2, -0.15) is 5.48 Å². The molecule has 27 heavy (non-hydrogen) atoms. The Morgan fingerprint density at radius 2 is 1.41 bits per heavy atom. The molecule has 5 nitrogen and oxygen atoms in total. The van der Waals surface area contributed by atoms with Crippen LogP contribution in [0.5, 0.6) is 0 Å². The lowest BCUT2D eigenvalue weighted by Gasteiger charge is -2.09. The predicted octanol–water partition coefficient (Wildman–Crippen LogP) is 4.39. The largest absolute Gasteiger partial charge is 0.533 e. The number of rotatable bonds is 8. The first-order valence-electron chi connectivity index (χ1n) is 9.31. The van der Waals surface area contributed by atoms with Crippen molar-refractivity contribution in [3.05, 3.63) is 71.3 Å². The number of carbonyl (C=O) groups is 2. The molecule has 5 heteroatoms. The van der Waals surface area contributed by atoms with Crippen LogP contribution in [0, 0.1) is 0 Å². The molecular formula is C22H27NO4. The third kappa shape index (κ3) is 8.40. The van der Waals surface area contributed by atoms with Crippen LogP contribution in [0.25, 0.3) is 0 Å². The van der Waals surface area contributed by atoms with Gasteiger partial charge in [-0.1, -0.05) is 54.6 Å². The number of carbonyl (C=O) groups excluding carboxylic acids is 2. The van der Waals surface area contributed by atoms with E-state index < -0.39 is 12.1 Å². The number of benzene rings is 2. The second-order valence-electron chi connectivity index (χ2n) is 6.73. The molecule has 0 atom stereocenters. The van der Waals surface area contributed by atoms with Crippen LogP contribution in [0.2, 0.25) is 0 Å². The van der Waals surface area contributed by atoms with Crippen LogP contribution in [0.4, 0.5) is 4.79 Å². The molecule has 2 rings (SSSR count). The van der Waals surface area contributed by atoms with Gasteiger partial charge in [0.15, 0.2) is 0 Å². The van der Waals surface area contributed by atoms with Crippen LogP contribution in [-0.4, -0.2) is 18.2 Å². The molecule has 0 aliphatic rings. The fraction of sp³-hybridized carbons (Fsp3) is 0.364. The molecule has 0 fully saturated rings. The Hall–Kier alpha value is -2.82. The molecule has 0 heterocycles. The van der Waals surface area contributed by atoms with E-state index in [1.807, 2.05) is 30.3 Å². The number of hydrogen-bond acceptors (Lipinski definition) is 4. The van der Waals surface area contributed by atoms with E-state index in [1.54, 1.807) is 13.8 Å². The van der Waals surface area contributed by atoms with Crippen molar-refractivity contribution in [1.29, 1.82) is 0 Å². The minimum atomic E-state index is -0.913. The molecule has 2 aromatic rings. The highest BCUT2D eigenvalue weighted by Gasteiger charge is 2.10. The third-order valence-electron chi connectivity index (χ3n) is 3.99. The molecular weight excluding hydrogens is 342 g/mol. The van der Waals surface area contributed by atoms with Gasteiger partial charge >= 0.3 is 6.16 Å². The van der Waals surface area contributed by atoms with Gasteiger partial charge in [0.2, 0.25) is 0 Å². The number of unbranched alkanes of at least 4 members (excludes halogenated alkanes) is 1. The van der Waals surface area contributed by atoms with Gasteiger partial charge < -0.3 is 9.57 Å². The summed E-state index contributed by atoms with van der Waals surface area (Å²) in [4.78, 5) is 27.6. The zero-order chi connectivity index (χ0) is 19.5. The average molecular weight is 369 g/mol. The molecule has 0 radical (unpaired) electrons. The lowest BCUT2D eigenvalue weighted by atomic mass is 10.0. The van der Waals surface area contributed by atoms with Gasteiger partial charge in [-0.15, -0.1) is 0 Å². The van der Waals surface area contributed by atoms with E-state index in [1.165, 1.54) is 11.1 Å². The Bertz CT molecular complexity index is 711. The van der Waals surface area contributed by atoms with E-state index in [2.05, 4.69) is 34.6 Å². The first-order chi connectivity index (χ1) is 13.0. The maximum atomic E-state index is 11.8. The Labute approximate surface area is 160 Å². The molecule has 0 unspecified atom stereocenters. The smallest absolute Gasteiger partial charge is 0.430 e. The van der Waals surface area contributed by atoms with Gasteiger partial charge in [0.05, 0.1) is 12.5 Å². The summed E-state index contributed by atoms with van der Waals surface area (Å²) < 4.78 is 4.77. The summed E-state index contributed by atoms with van der Waals surface area (Å²) in [5.41, 5.74) is 5.58. The molecule has 0 spiro atoms. The zero-order valence-corrected chi connectivity index (χ0v) is 15.9. The molecule has 0 aliphatic heterocycles. The van der Waals surface area contributed by atoms with Crippen LogP contribution in [0.3, 0.4) is 0 Å². The molecule has 0 aliphatic carbocycles. The van der Waals surface area contributed by atoms with E-state index >= 15 is 0 Å². The van der Waals surface area contributed by atoms with Crippen molar-refractivity contribution in [3.63, 3.8) is 0 Å². The standard InChI is InChI=1S/C22H27NO4/c1-17(2)26-22(25)27-23-21(24)16-20-14-12-19(13-15-20)11-7-6-10-18-8-4-3-5-9-18/h3-5,8-9,12-15,17H,6-7,10-11,16H2,1-2H3,(H,23,24). The van der Waals surface area contributed by atoms with Crippen LogP contribution in [0.1, 0.15) is 43.4 Å². The molecule has 144 valence electrons. The second-order valence-corrected chi connectivity index (χ2v) is 6.73. The Morgan fingerprint density at radius 3 is 2.00 bits per heavy atom. The topological polar surface area (TPSA) is 64.6 Å². The van der Waals surface area contributed by atoms with Crippen molar-refractivity contribution in [2.24, 2.45) is 0 Å². The SMILES string of the molecule is CC(C)OC(=O)ONC(=O)Cc1ccc(CCCCc2ccccc2)cc1. The molecule has 1 N–H and O–H groups in total. The van der Waals surface area contributed by atoms with E-state index in [-0.39, 0.29) is 12.5 Å². The first-order valence-corrected chi connectivity index (χ1v) is 9.31. The minimum absolute atomic E-state index is 0.142. The van der Waals surface area contributed by atoms with Crippen molar-refractivity contribution in [2.45, 2.75) is 52.1 Å². The summed E-state index contributed by atoms with van der Waals surface area (Å²) in [5.74, 6) is -0.397. The van der Waals surface area contributed by atoms with Gasteiger partial charge in [0.1, 0.15) is 0 Å². The first kappa shape index (κ1) is 20.5. The van der Waals surface area contributed by atoms with E-state index in [0.29, 0.717) is 0 Å². The number of nitrogens with one attached hydrogen (secondary N) is 1. The number of ether oxygens (including phenoxy) is 1.